The molecule has 1 aliphatic heterocycles. The summed E-state index contributed by atoms with van der Waals surface area (Å²) in [6, 6.07) is 18.4. The number of methoxy groups -OCH3 is 1. The number of thiazole rings is 1. The molecular formula is C23H23N5OS2. The van der Waals surface area contributed by atoms with Crippen LogP contribution in [0.3, 0.4) is 0 Å². The van der Waals surface area contributed by atoms with Gasteiger partial charge < -0.3 is 15.0 Å². The number of fused-ring (bicyclic) bond motifs is 1. The van der Waals surface area contributed by atoms with E-state index in [4.69, 9.17) is 21.9 Å². The highest BCUT2D eigenvalue weighted by atomic mass is 32.1. The highest BCUT2D eigenvalue weighted by molar-refractivity contribution is 7.80. The number of ether oxygens (including phenoxy) is 1. The van der Waals surface area contributed by atoms with E-state index in [1.54, 1.807) is 18.4 Å². The molecule has 1 saturated heterocycles. The van der Waals surface area contributed by atoms with Crippen molar-refractivity contribution in [1.82, 2.24) is 24.8 Å². The minimum Gasteiger partial charge on any atom is -0.385 e. The number of aromatic nitrogens is 3. The molecule has 0 spiro atoms. The predicted molar refractivity (Wildman–Crippen MR) is 128 cm³/mol. The Kier molecular flexibility index (Phi) is 5.67. The lowest BCUT2D eigenvalue weighted by atomic mass is 10.0. The molecule has 0 bridgehead atoms. The second-order valence-corrected chi connectivity index (χ2v) is 8.83. The SMILES string of the molecule is COCCCN1C(=S)NC(c2ccccn2)C1c1cccn1-c1nc2ccccc2s1. The highest BCUT2D eigenvalue weighted by Crippen LogP contribution is 2.40. The second-order valence-electron chi connectivity index (χ2n) is 7.43. The van der Waals surface area contributed by atoms with Crippen molar-refractivity contribution in [1.29, 1.82) is 0 Å². The first-order chi connectivity index (χ1) is 15.3. The lowest BCUT2D eigenvalue weighted by Crippen LogP contribution is -2.32. The van der Waals surface area contributed by atoms with E-state index in [1.807, 2.05) is 24.4 Å². The third-order valence-electron chi connectivity index (χ3n) is 5.52. The van der Waals surface area contributed by atoms with Gasteiger partial charge in [-0.1, -0.05) is 29.5 Å². The van der Waals surface area contributed by atoms with Gasteiger partial charge in [0.15, 0.2) is 10.2 Å². The second kappa shape index (κ2) is 8.74. The fraction of sp³-hybridized carbons (Fsp3) is 0.261. The number of para-hydroxylation sites is 1. The Morgan fingerprint density at radius 1 is 1.13 bits per heavy atom. The number of hydrogen-bond acceptors (Lipinski definition) is 5. The lowest BCUT2D eigenvalue weighted by Gasteiger charge is -2.28. The number of hydrogen-bond donors (Lipinski definition) is 1. The zero-order valence-electron chi connectivity index (χ0n) is 17.1. The Morgan fingerprint density at radius 3 is 2.81 bits per heavy atom. The summed E-state index contributed by atoms with van der Waals surface area (Å²) in [5, 5.41) is 5.21. The van der Waals surface area contributed by atoms with E-state index < -0.39 is 0 Å². The van der Waals surface area contributed by atoms with Crippen LogP contribution in [0.4, 0.5) is 0 Å². The molecule has 1 aliphatic rings. The van der Waals surface area contributed by atoms with E-state index in [2.05, 4.69) is 62.4 Å². The molecule has 1 aromatic carbocycles. The molecule has 0 aliphatic carbocycles. The number of nitrogens with zero attached hydrogens (tertiary/aromatic N) is 4. The minimum absolute atomic E-state index is 0.00117. The van der Waals surface area contributed by atoms with Crippen LogP contribution in [0.2, 0.25) is 0 Å². The number of pyridine rings is 1. The van der Waals surface area contributed by atoms with E-state index >= 15 is 0 Å². The van der Waals surface area contributed by atoms with Crippen LogP contribution in [-0.4, -0.2) is 44.8 Å². The zero-order valence-corrected chi connectivity index (χ0v) is 18.8. The minimum atomic E-state index is -0.0423. The number of rotatable bonds is 7. The molecule has 6 nitrogen and oxygen atoms in total. The van der Waals surface area contributed by atoms with Crippen molar-refractivity contribution in [3.05, 3.63) is 78.4 Å². The van der Waals surface area contributed by atoms with Crippen LogP contribution in [0.15, 0.2) is 67.0 Å². The third-order valence-corrected chi connectivity index (χ3v) is 6.91. The summed E-state index contributed by atoms with van der Waals surface area (Å²) in [5.41, 5.74) is 3.13. The average Bonchev–Trinajstić information content (AvgIpc) is 3.51. The molecule has 0 amide bonds. The molecule has 0 radical (unpaired) electrons. The van der Waals surface area contributed by atoms with Crippen LogP contribution in [-0.2, 0) is 4.74 Å². The molecule has 4 heterocycles. The zero-order chi connectivity index (χ0) is 21.2. The summed E-state index contributed by atoms with van der Waals surface area (Å²) >= 11 is 7.45. The van der Waals surface area contributed by atoms with Crippen LogP contribution in [0.25, 0.3) is 15.3 Å². The standard InChI is InChI=1S/C23H23N5OS2/c1-29-15-7-14-28-21(20(26-22(28)30)17-9-4-5-12-24-17)18-10-6-13-27(18)23-25-16-8-2-3-11-19(16)31-23/h2-6,8-13,20-21H,7,14-15H2,1H3,(H,26,30). The van der Waals surface area contributed by atoms with E-state index in [-0.39, 0.29) is 12.1 Å². The lowest BCUT2D eigenvalue weighted by molar-refractivity contribution is 0.180. The maximum absolute atomic E-state index is 5.75. The molecule has 2 atom stereocenters. The smallest absolute Gasteiger partial charge is 0.194 e. The molecule has 5 rings (SSSR count). The fourth-order valence-corrected chi connectivity index (χ4v) is 5.42. The normalized spacial score (nSPS) is 18.6. The van der Waals surface area contributed by atoms with Gasteiger partial charge in [0.25, 0.3) is 0 Å². The van der Waals surface area contributed by atoms with Gasteiger partial charge in [-0.2, -0.15) is 0 Å². The summed E-state index contributed by atoms with van der Waals surface area (Å²) in [7, 11) is 1.73. The van der Waals surface area contributed by atoms with Crippen LogP contribution >= 0.6 is 23.6 Å². The molecule has 31 heavy (non-hydrogen) atoms. The maximum atomic E-state index is 5.75. The van der Waals surface area contributed by atoms with E-state index in [9.17, 15) is 0 Å². The van der Waals surface area contributed by atoms with Crippen molar-refractivity contribution in [3.8, 4) is 5.13 Å². The Bertz CT molecular complexity index is 1160. The molecule has 2 unspecified atom stereocenters. The van der Waals surface area contributed by atoms with Gasteiger partial charge >= 0.3 is 0 Å². The maximum Gasteiger partial charge on any atom is 0.194 e. The van der Waals surface area contributed by atoms with Crippen LogP contribution in [0.5, 0.6) is 0 Å². The Balaban J connectivity index is 1.57. The summed E-state index contributed by atoms with van der Waals surface area (Å²) in [5.74, 6) is 0. The van der Waals surface area contributed by atoms with Crippen molar-refractivity contribution in [2.75, 3.05) is 20.3 Å². The van der Waals surface area contributed by atoms with Gasteiger partial charge in [-0.25, -0.2) is 4.98 Å². The molecule has 3 aromatic heterocycles. The molecule has 4 aromatic rings. The summed E-state index contributed by atoms with van der Waals surface area (Å²) in [4.78, 5) is 11.8. The molecular weight excluding hydrogens is 426 g/mol. The summed E-state index contributed by atoms with van der Waals surface area (Å²) in [6.45, 7) is 1.50. The van der Waals surface area contributed by atoms with Gasteiger partial charge in [0, 0.05) is 32.7 Å². The molecule has 8 heteroatoms. The monoisotopic (exact) mass is 449 g/mol. The van der Waals surface area contributed by atoms with Gasteiger partial charge in [-0.15, -0.1) is 0 Å². The Labute approximate surface area is 190 Å². The van der Waals surface area contributed by atoms with Crippen molar-refractivity contribution in [2.45, 2.75) is 18.5 Å². The molecule has 0 saturated carbocycles. The first-order valence-electron chi connectivity index (χ1n) is 10.3. The van der Waals surface area contributed by atoms with E-state index in [0.717, 1.165) is 40.1 Å². The quantitative estimate of drug-likeness (QED) is 0.331. The van der Waals surface area contributed by atoms with Crippen molar-refractivity contribution < 1.29 is 4.74 Å². The summed E-state index contributed by atoms with van der Waals surface area (Å²) < 4.78 is 8.65. The number of nitrogens with one attached hydrogen (secondary N) is 1. The van der Waals surface area contributed by atoms with Crippen LogP contribution in [0, 0.1) is 0 Å². The Morgan fingerprint density at radius 2 is 2.00 bits per heavy atom. The van der Waals surface area contributed by atoms with Gasteiger partial charge in [-0.3, -0.25) is 9.55 Å². The van der Waals surface area contributed by atoms with Crippen LogP contribution in [0.1, 0.15) is 29.9 Å². The first kappa shape index (κ1) is 20.1. The van der Waals surface area contributed by atoms with Gasteiger partial charge in [0.1, 0.15) is 0 Å². The van der Waals surface area contributed by atoms with Gasteiger partial charge in [0.2, 0.25) is 0 Å². The Hall–Kier alpha value is -2.81. The molecule has 1 N–H and O–H groups in total. The van der Waals surface area contributed by atoms with E-state index in [1.165, 1.54) is 4.70 Å². The van der Waals surface area contributed by atoms with Crippen LogP contribution < -0.4 is 5.32 Å². The molecule has 158 valence electrons. The topological polar surface area (TPSA) is 55.2 Å². The number of thiocarbonyl (C=S) groups is 1. The van der Waals surface area contributed by atoms with Gasteiger partial charge in [-0.05, 0) is 55.0 Å². The first-order valence-corrected chi connectivity index (χ1v) is 11.5. The highest BCUT2D eigenvalue weighted by Gasteiger charge is 2.41. The van der Waals surface area contributed by atoms with Crippen molar-refractivity contribution in [3.63, 3.8) is 0 Å². The van der Waals surface area contributed by atoms with Gasteiger partial charge in [0.05, 0.1) is 33.7 Å². The van der Waals surface area contributed by atoms with Crippen molar-refractivity contribution in [2.24, 2.45) is 0 Å². The van der Waals surface area contributed by atoms with E-state index in [0.29, 0.717) is 6.61 Å². The fourth-order valence-electron chi connectivity index (χ4n) is 4.12. The molecule has 1 fully saturated rings. The third kappa shape index (κ3) is 3.82. The van der Waals surface area contributed by atoms with Crippen molar-refractivity contribution >= 4 is 38.9 Å². The number of benzene rings is 1. The summed E-state index contributed by atoms with van der Waals surface area (Å²) in [6.07, 6.45) is 4.81. The largest absolute Gasteiger partial charge is 0.385 e. The predicted octanol–water partition coefficient (Wildman–Crippen LogP) is 4.49. The average molecular weight is 450 g/mol.